The Hall–Kier alpha value is -4.51. The lowest BCUT2D eigenvalue weighted by Crippen LogP contribution is -2.56. The van der Waals surface area contributed by atoms with Gasteiger partial charge in [-0.15, -0.1) is 0 Å². The van der Waals surface area contributed by atoms with E-state index >= 15 is 0 Å². The fourth-order valence-electron chi connectivity index (χ4n) is 5.07. The van der Waals surface area contributed by atoms with Gasteiger partial charge in [0.15, 0.2) is 0 Å². The smallest absolute Gasteiger partial charge is 0.408 e. The standard InChI is InChI=1S/C36H47FN4O6/c1-35(2,3)47-34(45)39-36(4,5)23-46-22-31(42)40(7)30(21-25-13-16-26-11-9-10-12-27(26)19-25)33(44)41(8)29(32(43)38-6)20-24-14-17-28(37)18-15-24/h9-19,29-30H,20-23H2,1-8H3,(H,38,43)(H,39,45)/t29-,30-/m1/s1. The van der Waals surface area contributed by atoms with Gasteiger partial charge in [0.1, 0.15) is 30.1 Å². The number of hydrogen-bond donors (Lipinski definition) is 2. The van der Waals surface area contributed by atoms with E-state index in [0.29, 0.717) is 5.56 Å². The Morgan fingerprint density at radius 1 is 0.809 bits per heavy atom. The molecule has 0 aliphatic heterocycles. The summed E-state index contributed by atoms with van der Waals surface area (Å²) in [6.07, 6.45) is -0.283. The first-order chi connectivity index (χ1) is 22.0. The molecule has 0 unspecified atom stereocenters. The molecule has 4 amide bonds. The van der Waals surface area contributed by atoms with E-state index in [4.69, 9.17) is 9.47 Å². The van der Waals surface area contributed by atoms with Crippen LogP contribution in [0.4, 0.5) is 9.18 Å². The van der Waals surface area contributed by atoms with Crippen LogP contribution in [0.2, 0.25) is 0 Å². The number of nitrogens with zero attached hydrogens (tertiary/aromatic N) is 2. The molecule has 3 rings (SSSR count). The van der Waals surface area contributed by atoms with Crippen LogP contribution in [-0.2, 0) is 36.7 Å². The molecular weight excluding hydrogens is 603 g/mol. The maximum absolute atomic E-state index is 14.2. The third-order valence-electron chi connectivity index (χ3n) is 7.62. The number of halogens is 1. The van der Waals surface area contributed by atoms with Gasteiger partial charge in [-0.25, -0.2) is 9.18 Å². The molecule has 10 nitrogen and oxygen atoms in total. The van der Waals surface area contributed by atoms with Crippen LogP contribution in [0.1, 0.15) is 45.7 Å². The van der Waals surface area contributed by atoms with Crippen molar-refractivity contribution in [2.45, 2.75) is 70.7 Å². The molecule has 47 heavy (non-hydrogen) atoms. The second-order valence-corrected chi connectivity index (χ2v) is 13.3. The highest BCUT2D eigenvalue weighted by Crippen LogP contribution is 2.20. The zero-order valence-electron chi connectivity index (χ0n) is 28.6. The SMILES string of the molecule is CNC(=O)[C@@H](Cc1ccc(F)cc1)N(C)C(=O)[C@@H](Cc1ccc2ccccc2c1)N(C)C(=O)COCC(C)(C)NC(=O)OC(C)(C)C. The summed E-state index contributed by atoms with van der Waals surface area (Å²) in [5, 5.41) is 7.38. The van der Waals surface area contributed by atoms with Crippen LogP contribution in [0.25, 0.3) is 10.8 Å². The van der Waals surface area contributed by atoms with Gasteiger partial charge in [0.25, 0.3) is 0 Å². The Morgan fingerprint density at radius 3 is 2.02 bits per heavy atom. The Kier molecular flexibility index (Phi) is 12.5. The molecule has 0 saturated heterocycles. The van der Waals surface area contributed by atoms with E-state index in [1.807, 2.05) is 42.5 Å². The van der Waals surface area contributed by atoms with Crippen LogP contribution in [0, 0.1) is 5.82 Å². The van der Waals surface area contributed by atoms with E-state index in [-0.39, 0.29) is 26.1 Å². The van der Waals surface area contributed by atoms with Crippen molar-refractivity contribution in [2.24, 2.45) is 0 Å². The van der Waals surface area contributed by atoms with E-state index in [1.165, 1.54) is 43.1 Å². The third kappa shape index (κ3) is 11.1. The molecule has 0 aliphatic rings. The Morgan fingerprint density at radius 2 is 1.40 bits per heavy atom. The van der Waals surface area contributed by atoms with Crippen molar-refractivity contribution in [3.05, 3.63) is 83.7 Å². The van der Waals surface area contributed by atoms with Crippen molar-refractivity contribution in [3.63, 3.8) is 0 Å². The molecule has 0 aliphatic carbocycles. The summed E-state index contributed by atoms with van der Waals surface area (Å²) in [4.78, 5) is 55.7. The first-order valence-corrected chi connectivity index (χ1v) is 15.5. The van der Waals surface area contributed by atoms with Gasteiger partial charge in [-0.1, -0.05) is 54.6 Å². The van der Waals surface area contributed by atoms with Crippen LogP contribution in [-0.4, -0.2) is 91.2 Å². The fourth-order valence-corrected chi connectivity index (χ4v) is 5.07. The van der Waals surface area contributed by atoms with Crippen LogP contribution in [0.3, 0.4) is 0 Å². The van der Waals surface area contributed by atoms with Crippen molar-refractivity contribution in [3.8, 4) is 0 Å². The quantitative estimate of drug-likeness (QED) is 0.282. The molecule has 0 spiro atoms. The summed E-state index contributed by atoms with van der Waals surface area (Å²) in [5.41, 5.74) is -0.0159. The number of benzene rings is 3. The molecule has 0 bridgehead atoms. The lowest BCUT2D eigenvalue weighted by Gasteiger charge is -2.34. The molecule has 0 saturated carbocycles. The molecule has 2 N–H and O–H groups in total. The van der Waals surface area contributed by atoms with E-state index < -0.39 is 52.9 Å². The van der Waals surface area contributed by atoms with E-state index in [2.05, 4.69) is 10.6 Å². The first-order valence-electron chi connectivity index (χ1n) is 15.5. The topological polar surface area (TPSA) is 117 Å². The van der Waals surface area contributed by atoms with Gasteiger partial charge in [0.2, 0.25) is 17.7 Å². The van der Waals surface area contributed by atoms with Gasteiger partial charge >= 0.3 is 6.09 Å². The van der Waals surface area contributed by atoms with Crippen LogP contribution in [0.15, 0.2) is 66.7 Å². The minimum Gasteiger partial charge on any atom is -0.444 e. The number of amides is 4. The van der Waals surface area contributed by atoms with Crippen LogP contribution in [0.5, 0.6) is 0 Å². The lowest BCUT2D eigenvalue weighted by atomic mass is 9.98. The maximum Gasteiger partial charge on any atom is 0.408 e. The molecule has 11 heteroatoms. The molecule has 254 valence electrons. The highest BCUT2D eigenvalue weighted by Gasteiger charge is 2.35. The van der Waals surface area contributed by atoms with E-state index in [1.54, 1.807) is 46.8 Å². The number of likely N-dealkylation sites (N-methyl/N-ethyl adjacent to an activating group) is 3. The van der Waals surface area contributed by atoms with E-state index in [0.717, 1.165) is 16.3 Å². The number of nitrogens with one attached hydrogen (secondary N) is 2. The summed E-state index contributed by atoms with van der Waals surface area (Å²) in [6, 6.07) is 17.5. The van der Waals surface area contributed by atoms with Gasteiger partial charge in [-0.2, -0.15) is 0 Å². The summed E-state index contributed by atoms with van der Waals surface area (Å²) in [6.45, 7) is 8.42. The number of ether oxygens (including phenoxy) is 2. The highest BCUT2D eigenvalue weighted by atomic mass is 19.1. The van der Waals surface area contributed by atoms with Crippen molar-refractivity contribution in [1.29, 1.82) is 0 Å². The number of carbonyl (C=O) groups excluding carboxylic acids is 4. The van der Waals surface area contributed by atoms with Crippen molar-refractivity contribution < 1.29 is 33.0 Å². The number of fused-ring (bicyclic) bond motifs is 1. The zero-order valence-corrected chi connectivity index (χ0v) is 28.6. The molecule has 3 aromatic rings. The minimum atomic E-state index is -0.981. The summed E-state index contributed by atoms with van der Waals surface area (Å²) in [7, 11) is 4.54. The number of hydrogen-bond acceptors (Lipinski definition) is 6. The minimum absolute atomic E-state index is 0.00539. The monoisotopic (exact) mass is 650 g/mol. The second kappa shape index (κ2) is 15.9. The van der Waals surface area contributed by atoms with Crippen LogP contribution < -0.4 is 10.6 Å². The zero-order chi connectivity index (χ0) is 34.9. The van der Waals surface area contributed by atoms with E-state index in [9.17, 15) is 23.6 Å². The van der Waals surface area contributed by atoms with Gasteiger partial charge in [-0.3, -0.25) is 14.4 Å². The summed E-state index contributed by atoms with van der Waals surface area (Å²) < 4.78 is 24.6. The highest BCUT2D eigenvalue weighted by molar-refractivity contribution is 5.92. The molecule has 0 aromatic heterocycles. The third-order valence-corrected chi connectivity index (χ3v) is 7.62. The molecule has 0 heterocycles. The average molecular weight is 651 g/mol. The molecule has 0 radical (unpaired) electrons. The van der Waals surface area contributed by atoms with Crippen molar-refractivity contribution in [1.82, 2.24) is 20.4 Å². The largest absolute Gasteiger partial charge is 0.444 e. The molecule has 0 fully saturated rings. The number of alkyl carbamates (subject to hydrolysis) is 1. The number of rotatable bonds is 13. The van der Waals surface area contributed by atoms with Gasteiger partial charge in [-0.05, 0) is 68.7 Å². The molecule has 2 atom stereocenters. The molecular formula is C36H47FN4O6. The predicted octanol–water partition coefficient (Wildman–Crippen LogP) is 4.48. The Balaban J connectivity index is 1.82. The Labute approximate surface area is 276 Å². The first kappa shape index (κ1) is 37.0. The average Bonchev–Trinajstić information content (AvgIpc) is 3.00. The lowest BCUT2D eigenvalue weighted by molar-refractivity contribution is -0.149. The van der Waals surface area contributed by atoms with Gasteiger partial charge < -0.3 is 29.9 Å². The van der Waals surface area contributed by atoms with Gasteiger partial charge in [0, 0.05) is 34.0 Å². The molecule has 3 aromatic carbocycles. The summed E-state index contributed by atoms with van der Waals surface area (Å²) in [5.74, 6) is -1.71. The predicted molar refractivity (Wildman–Crippen MR) is 179 cm³/mol. The fraction of sp³-hybridized carbons (Fsp3) is 0.444. The summed E-state index contributed by atoms with van der Waals surface area (Å²) >= 11 is 0. The van der Waals surface area contributed by atoms with Crippen LogP contribution >= 0.6 is 0 Å². The van der Waals surface area contributed by atoms with Crippen molar-refractivity contribution in [2.75, 3.05) is 34.4 Å². The maximum atomic E-state index is 14.2. The second-order valence-electron chi connectivity index (χ2n) is 13.3. The van der Waals surface area contributed by atoms with Gasteiger partial charge in [0.05, 0.1) is 12.1 Å². The van der Waals surface area contributed by atoms with Crippen molar-refractivity contribution >= 4 is 34.6 Å². The normalized spacial score (nSPS) is 13.0. The Bertz CT molecular complexity index is 1550. The number of carbonyl (C=O) groups is 4.